The third kappa shape index (κ3) is 6.91. The Balaban J connectivity index is 2.27. The Morgan fingerprint density at radius 2 is 1.72 bits per heavy atom. The first kappa shape index (κ1) is 23.5. The number of amides is 2. The van der Waals surface area contributed by atoms with Gasteiger partial charge in [-0.05, 0) is 55.7 Å². The molecule has 0 aliphatic carbocycles. The Labute approximate surface area is 187 Å². The molecule has 7 heteroatoms. The summed E-state index contributed by atoms with van der Waals surface area (Å²) >= 11 is 18.3. The Kier molecular flexibility index (Phi) is 8.81. The van der Waals surface area contributed by atoms with E-state index in [-0.39, 0.29) is 30.8 Å². The molecule has 0 saturated carbocycles. The maximum Gasteiger partial charge on any atom is 0.242 e. The lowest BCUT2D eigenvalue weighted by Gasteiger charge is -2.30. The third-order valence-electron chi connectivity index (χ3n) is 4.77. The number of benzene rings is 2. The summed E-state index contributed by atoms with van der Waals surface area (Å²) in [6.07, 6.45) is 0.935. The minimum absolute atomic E-state index is 0.0222. The van der Waals surface area contributed by atoms with Crippen molar-refractivity contribution in [2.45, 2.75) is 52.2 Å². The molecule has 0 bridgehead atoms. The van der Waals surface area contributed by atoms with Crippen LogP contribution in [0.15, 0.2) is 42.5 Å². The number of nitrogens with one attached hydrogen (secondary N) is 1. The number of carbonyl (C=O) groups is 2. The van der Waals surface area contributed by atoms with Gasteiger partial charge >= 0.3 is 0 Å². The summed E-state index contributed by atoms with van der Waals surface area (Å²) in [5, 5.41) is 4.46. The molecular formula is C22H25Cl3N2O2. The van der Waals surface area contributed by atoms with E-state index in [4.69, 9.17) is 34.8 Å². The fraction of sp³-hybridized carbons (Fsp3) is 0.364. The number of nitrogens with zero attached hydrogens (tertiary/aromatic N) is 1. The maximum atomic E-state index is 13.1. The molecule has 2 aromatic carbocycles. The summed E-state index contributed by atoms with van der Waals surface area (Å²) in [6, 6.07) is 11.6. The number of rotatable bonds is 8. The number of hydrogen-bond donors (Lipinski definition) is 1. The summed E-state index contributed by atoms with van der Waals surface area (Å²) in [6.45, 7) is 5.84. The van der Waals surface area contributed by atoms with E-state index in [9.17, 15) is 9.59 Å². The lowest BCUT2D eigenvalue weighted by molar-refractivity contribution is -0.140. The van der Waals surface area contributed by atoms with Crippen molar-refractivity contribution in [1.29, 1.82) is 0 Å². The van der Waals surface area contributed by atoms with Crippen LogP contribution in [0.4, 0.5) is 0 Å². The van der Waals surface area contributed by atoms with Gasteiger partial charge in [0.25, 0.3) is 0 Å². The molecule has 0 fully saturated rings. The monoisotopic (exact) mass is 454 g/mol. The second-order valence-electron chi connectivity index (χ2n) is 7.06. The molecule has 2 atom stereocenters. The molecule has 0 aromatic heterocycles. The zero-order valence-corrected chi connectivity index (χ0v) is 19.0. The Hall–Kier alpha value is -1.75. The van der Waals surface area contributed by atoms with Crippen molar-refractivity contribution < 1.29 is 9.59 Å². The molecule has 0 heterocycles. The molecule has 0 spiro atoms. The number of carbonyl (C=O) groups excluding carboxylic acids is 2. The van der Waals surface area contributed by atoms with Gasteiger partial charge in [-0.2, -0.15) is 0 Å². The maximum absolute atomic E-state index is 13.1. The van der Waals surface area contributed by atoms with Crippen LogP contribution in [-0.2, 0) is 22.6 Å². The zero-order valence-electron chi connectivity index (χ0n) is 16.7. The molecule has 4 nitrogen and oxygen atoms in total. The summed E-state index contributed by atoms with van der Waals surface area (Å²) in [5.41, 5.74) is 1.50. The summed E-state index contributed by atoms with van der Waals surface area (Å²) < 4.78 is 0. The highest BCUT2D eigenvalue weighted by atomic mass is 35.5. The first-order valence-electron chi connectivity index (χ1n) is 9.49. The van der Waals surface area contributed by atoms with Crippen LogP contribution in [-0.4, -0.2) is 28.8 Å². The Morgan fingerprint density at radius 3 is 2.34 bits per heavy atom. The van der Waals surface area contributed by atoms with Gasteiger partial charge in [0.05, 0.1) is 6.42 Å². The standard InChI is InChI=1S/C22H25Cl3N2O2/c1-4-14(2)26-22(29)15(3)27(13-17-8-9-19(24)12-20(17)25)21(28)11-16-6-5-7-18(23)10-16/h5-10,12,14-15H,4,11,13H2,1-3H3,(H,26,29)/t14-,15+/m1/s1. The first-order chi connectivity index (χ1) is 13.7. The molecule has 0 aliphatic heterocycles. The minimum Gasteiger partial charge on any atom is -0.352 e. The predicted octanol–water partition coefficient (Wildman–Crippen LogP) is 5.52. The number of halogens is 3. The van der Waals surface area contributed by atoms with E-state index in [2.05, 4.69) is 5.32 Å². The van der Waals surface area contributed by atoms with Gasteiger partial charge in [0.2, 0.25) is 11.8 Å². The normalized spacial score (nSPS) is 12.9. The van der Waals surface area contributed by atoms with Crippen molar-refractivity contribution in [2.24, 2.45) is 0 Å². The van der Waals surface area contributed by atoms with Crippen molar-refractivity contribution in [3.63, 3.8) is 0 Å². The van der Waals surface area contributed by atoms with Crippen LogP contribution in [0, 0.1) is 0 Å². The van der Waals surface area contributed by atoms with Crippen molar-refractivity contribution >= 4 is 46.6 Å². The van der Waals surface area contributed by atoms with E-state index in [1.807, 2.05) is 19.9 Å². The predicted molar refractivity (Wildman–Crippen MR) is 120 cm³/mol. The molecule has 0 saturated heterocycles. The van der Waals surface area contributed by atoms with Crippen molar-refractivity contribution in [2.75, 3.05) is 0 Å². The smallest absolute Gasteiger partial charge is 0.242 e. The van der Waals surface area contributed by atoms with Crippen LogP contribution in [0.5, 0.6) is 0 Å². The zero-order chi connectivity index (χ0) is 21.6. The van der Waals surface area contributed by atoms with Gasteiger partial charge in [-0.3, -0.25) is 9.59 Å². The number of hydrogen-bond acceptors (Lipinski definition) is 2. The molecule has 1 N–H and O–H groups in total. The summed E-state index contributed by atoms with van der Waals surface area (Å²) in [5.74, 6) is -0.394. The fourth-order valence-electron chi connectivity index (χ4n) is 2.80. The SMILES string of the molecule is CC[C@@H](C)NC(=O)[C@H](C)N(Cc1ccc(Cl)cc1Cl)C(=O)Cc1cccc(Cl)c1. The van der Waals surface area contributed by atoms with Crippen LogP contribution in [0.2, 0.25) is 15.1 Å². The molecule has 2 amide bonds. The van der Waals surface area contributed by atoms with Gasteiger partial charge in [-0.25, -0.2) is 0 Å². The van der Waals surface area contributed by atoms with Gasteiger partial charge in [0.1, 0.15) is 6.04 Å². The molecule has 156 valence electrons. The second-order valence-corrected chi connectivity index (χ2v) is 8.34. The van der Waals surface area contributed by atoms with Crippen LogP contribution in [0.3, 0.4) is 0 Å². The Morgan fingerprint density at radius 1 is 1.03 bits per heavy atom. The lowest BCUT2D eigenvalue weighted by Crippen LogP contribution is -2.49. The lowest BCUT2D eigenvalue weighted by atomic mass is 10.1. The molecule has 2 rings (SSSR count). The third-order valence-corrected chi connectivity index (χ3v) is 5.59. The average molecular weight is 456 g/mol. The van der Waals surface area contributed by atoms with Crippen molar-refractivity contribution in [3.05, 3.63) is 68.7 Å². The second kappa shape index (κ2) is 10.9. The first-order valence-corrected chi connectivity index (χ1v) is 10.6. The van der Waals surface area contributed by atoms with Gasteiger partial charge in [0, 0.05) is 27.7 Å². The van der Waals surface area contributed by atoms with E-state index >= 15 is 0 Å². The van der Waals surface area contributed by atoms with E-state index in [0.717, 1.165) is 17.5 Å². The highest BCUT2D eigenvalue weighted by molar-refractivity contribution is 6.35. The molecule has 2 aromatic rings. The quantitative estimate of drug-likeness (QED) is 0.569. The van der Waals surface area contributed by atoms with Gasteiger partial charge < -0.3 is 10.2 Å². The van der Waals surface area contributed by atoms with Crippen LogP contribution in [0.25, 0.3) is 0 Å². The molecule has 0 aliphatic rings. The fourth-order valence-corrected chi connectivity index (χ4v) is 3.49. The van der Waals surface area contributed by atoms with Crippen molar-refractivity contribution in [1.82, 2.24) is 10.2 Å². The van der Waals surface area contributed by atoms with Crippen LogP contribution < -0.4 is 5.32 Å². The van der Waals surface area contributed by atoms with E-state index in [1.165, 1.54) is 4.90 Å². The highest BCUT2D eigenvalue weighted by Gasteiger charge is 2.27. The Bertz CT molecular complexity index is 873. The van der Waals surface area contributed by atoms with Crippen molar-refractivity contribution in [3.8, 4) is 0 Å². The molecule has 0 unspecified atom stereocenters. The molecule has 0 radical (unpaired) electrons. The molecular weight excluding hydrogens is 431 g/mol. The largest absolute Gasteiger partial charge is 0.352 e. The van der Waals surface area contributed by atoms with E-state index in [1.54, 1.807) is 43.3 Å². The summed E-state index contributed by atoms with van der Waals surface area (Å²) in [4.78, 5) is 27.4. The summed E-state index contributed by atoms with van der Waals surface area (Å²) in [7, 11) is 0. The van der Waals surface area contributed by atoms with Gasteiger partial charge in [-0.15, -0.1) is 0 Å². The van der Waals surface area contributed by atoms with Crippen LogP contribution in [0.1, 0.15) is 38.3 Å². The highest BCUT2D eigenvalue weighted by Crippen LogP contribution is 2.24. The topological polar surface area (TPSA) is 49.4 Å². The van der Waals surface area contributed by atoms with E-state index in [0.29, 0.717) is 15.1 Å². The van der Waals surface area contributed by atoms with Crippen LogP contribution >= 0.6 is 34.8 Å². The molecule has 29 heavy (non-hydrogen) atoms. The average Bonchev–Trinajstić information content (AvgIpc) is 2.66. The van der Waals surface area contributed by atoms with Gasteiger partial charge in [-0.1, -0.05) is 59.9 Å². The van der Waals surface area contributed by atoms with E-state index < -0.39 is 6.04 Å². The minimum atomic E-state index is -0.664. The van der Waals surface area contributed by atoms with Gasteiger partial charge in [0.15, 0.2) is 0 Å².